The van der Waals surface area contributed by atoms with E-state index < -0.39 is 0 Å². The van der Waals surface area contributed by atoms with Gasteiger partial charge in [0.2, 0.25) is 0 Å². The van der Waals surface area contributed by atoms with Crippen molar-refractivity contribution in [2.24, 2.45) is 0 Å². The molecular weight excluding hydrogens is 285 g/mol. The Balaban J connectivity index is 1.64. The Labute approximate surface area is 129 Å². The molecule has 1 saturated heterocycles. The van der Waals surface area contributed by atoms with Gasteiger partial charge in [0, 0.05) is 26.1 Å². The van der Waals surface area contributed by atoms with E-state index in [0.29, 0.717) is 18.3 Å². The molecule has 1 aliphatic heterocycles. The molecule has 6 heteroatoms. The minimum Gasteiger partial charge on any atom is -0.377 e. The molecule has 0 N–H and O–H groups in total. The van der Waals surface area contributed by atoms with Gasteiger partial charge in [-0.1, -0.05) is 17.3 Å². The number of nitrogens with zero attached hydrogens (tertiary/aromatic N) is 3. The Bertz CT molecular complexity index is 598. The smallest absolute Gasteiger partial charge is 0.324 e. The summed E-state index contributed by atoms with van der Waals surface area (Å²) in [7, 11) is 0. The van der Waals surface area contributed by atoms with Gasteiger partial charge >= 0.3 is 6.01 Å². The molecule has 22 heavy (non-hydrogen) atoms. The van der Waals surface area contributed by atoms with Crippen LogP contribution in [0.4, 0.5) is 10.4 Å². The summed E-state index contributed by atoms with van der Waals surface area (Å²) in [6.07, 6.45) is 2.89. The highest BCUT2D eigenvalue weighted by atomic mass is 19.1. The zero-order valence-corrected chi connectivity index (χ0v) is 12.7. The van der Waals surface area contributed by atoms with Crippen LogP contribution in [0.5, 0.6) is 0 Å². The summed E-state index contributed by atoms with van der Waals surface area (Å²) >= 11 is 0. The van der Waals surface area contributed by atoms with Crippen LogP contribution in [0.15, 0.2) is 28.8 Å². The molecule has 0 radical (unpaired) electrons. The summed E-state index contributed by atoms with van der Waals surface area (Å²) in [6, 6.07) is 6.89. The predicted molar refractivity (Wildman–Crippen MR) is 80.4 cm³/mol. The van der Waals surface area contributed by atoms with Crippen LogP contribution in [-0.4, -0.2) is 35.9 Å². The molecule has 2 aromatic rings. The van der Waals surface area contributed by atoms with Crippen molar-refractivity contribution in [1.82, 2.24) is 10.1 Å². The van der Waals surface area contributed by atoms with Crippen molar-refractivity contribution in [3.8, 4) is 0 Å². The van der Waals surface area contributed by atoms with Crippen molar-refractivity contribution >= 4 is 6.01 Å². The van der Waals surface area contributed by atoms with Crippen LogP contribution in [0, 0.1) is 5.82 Å². The number of piperidine rings is 1. The van der Waals surface area contributed by atoms with Crippen LogP contribution in [0.1, 0.15) is 31.2 Å². The first-order valence-corrected chi connectivity index (χ1v) is 7.68. The first kappa shape index (κ1) is 15.0. The summed E-state index contributed by atoms with van der Waals surface area (Å²) < 4.78 is 23.9. The third-order valence-electron chi connectivity index (χ3n) is 3.78. The van der Waals surface area contributed by atoms with Crippen LogP contribution in [0.3, 0.4) is 0 Å². The van der Waals surface area contributed by atoms with Gasteiger partial charge in [0.1, 0.15) is 5.82 Å². The molecule has 1 aromatic carbocycles. The summed E-state index contributed by atoms with van der Waals surface area (Å²) in [6.45, 7) is 4.42. The topological polar surface area (TPSA) is 51.4 Å². The van der Waals surface area contributed by atoms with E-state index in [0.717, 1.165) is 38.1 Å². The second kappa shape index (κ2) is 6.87. The molecule has 1 atom stereocenters. The van der Waals surface area contributed by atoms with Gasteiger partial charge in [-0.2, -0.15) is 4.98 Å². The number of halogens is 1. The van der Waals surface area contributed by atoms with E-state index in [-0.39, 0.29) is 11.9 Å². The zero-order chi connectivity index (χ0) is 15.4. The minimum absolute atomic E-state index is 0.228. The number of benzene rings is 1. The summed E-state index contributed by atoms with van der Waals surface area (Å²) in [5.41, 5.74) is 0.958. The average molecular weight is 305 g/mol. The number of ether oxygens (including phenoxy) is 1. The van der Waals surface area contributed by atoms with E-state index in [1.807, 2.05) is 6.92 Å². The molecule has 0 saturated carbocycles. The Kier molecular flexibility index (Phi) is 4.68. The van der Waals surface area contributed by atoms with Gasteiger partial charge in [0.05, 0.1) is 6.10 Å². The van der Waals surface area contributed by atoms with Crippen LogP contribution < -0.4 is 4.90 Å². The van der Waals surface area contributed by atoms with E-state index in [4.69, 9.17) is 9.26 Å². The van der Waals surface area contributed by atoms with Crippen molar-refractivity contribution in [2.45, 2.75) is 32.3 Å². The largest absolute Gasteiger partial charge is 0.377 e. The number of aromatic nitrogens is 2. The van der Waals surface area contributed by atoms with Crippen molar-refractivity contribution in [2.75, 3.05) is 24.6 Å². The van der Waals surface area contributed by atoms with Crippen molar-refractivity contribution in [3.05, 3.63) is 41.5 Å². The molecule has 1 aliphatic rings. The molecule has 5 nitrogen and oxygen atoms in total. The molecule has 3 rings (SSSR count). The van der Waals surface area contributed by atoms with Gasteiger partial charge in [0.15, 0.2) is 5.82 Å². The molecule has 0 bridgehead atoms. The Morgan fingerprint density at radius 1 is 1.36 bits per heavy atom. The maximum absolute atomic E-state index is 12.9. The van der Waals surface area contributed by atoms with Gasteiger partial charge in [0.25, 0.3) is 0 Å². The number of rotatable bonds is 5. The molecule has 0 spiro atoms. The SMILES string of the molecule is CCO[C@H]1CCCN(c2nc(Cc3ccc(F)cc3)no2)C1. The average Bonchev–Trinajstić information content (AvgIpc) is 2.99. The Hall–Kier alpha value is -1.95. The fourth-order valence-electron chi connectivity index (χ4n) is 2.71. The quantitative estimate of drug-likeness (QED) is 0.850. The molecule has 0 amide bonds. The van der Waals surface area contributed by atoms with E-state index in [9.17, 15) is 4.39 Å². The monoisotopic (exact) mass is 305 g/mol. The summed E-state index contributed by atoms with van der Waals surface area (Å²) in [5.74, 6) is 0.368. The highest BCUT2D eigenvalue weighted by Crippen LogP contribution is 2.20. The lowest BCUT2D eigenvalue weighted by molar-refractivity contribution is 0.0514. The van der Waals surface area contributed by atoms with Gasteiger partial charge in [-0.3, -0.25) is 0 Å². The maximum Gasteiger partial charge on any atom is 0.324 e. The maximum atomic E-state index is 12.9. The molecule has 0 unspecified atom stereocenters. The third-order valence-corrected chi connectivity index (χ3v) is 3.78. The van der Waals surface area contributed by atoms with Crippen LogP contribution >= 0.6 is 0 Å². The highest BCUT2D eigenvalue weighted by Gasteiger charge is 2.24. The van der Waals surface area contributed by atoms with Crippen molar-refractivity contribution in [3.63, 3.8) is 0 Å². The number of hydrogen-bond donors (Lipinski definition) is 0. The fraction of sp³-hybridized carbons (Fsp3) is 0.500. The van der Waals surface area contributed by atoms with Gasteiger partial charge in [-0.25, -0.2) is 4.39 Å². The van der Waals surface area contributed by atoms with Crippen molar-refractivity contribution in [1.29, 1.82) is 0 Å². The minimum atomic E-state index is -0.243. The zero-order valence-electron chi connectivity index (χ0n) is 12.7. The number of anilines is 1. The normalized spacial score (nSPS) is 18.6. The van der Waals surface area contributed by atoms with E-state index in [1.165, 1.54) is 12.1 Å². The first-order valence-electron chi connectivity index (χ1n) is 7.68. The van der Waals surface area contributed by atoms with Crippen molar-refractivity contribution < 1.29 is 13.7 Å². The number of hydrogen-bond acceptors (Lipinski definition) is 5. The van der Waals surface area contributed by atoms with Gasteiger partial charge < -0.3 is 14.2 Å². The van der Waals surface area contributed by atoms with Gasteiger partial charge in [-0.05, 0) is 37.5 Å². The van der Waals surface area contributed by atoms with Crippen LogP contribution in [-0.2, 0) is 11.2 Å². The van der Waals surface area contributed by atoms with E-state index in [1.54, 1.807) is 12.1 Å². The molecule has 2 heterocycles. The first-order chi connectivity index (χ1) is 10.7. The third kappa shape index (κ3) is 3.62. The second-order valence-corrected chi connectivity index (χ2v) is 5.46. The lowest BCUT2D eigenvalue weighted by atomic mass is 10.1. The molecule has 118 valence electrons. The van der Waals surface area contributed by atoms with E-state index in [2.05, 4.69) is 15.0 Å². The Morgan fingerprint density at radius 3 is 2.95 bits per heavy atom. The fourth-order valence-corrected chi connectivity index (χ4v) is 2.71. The lowest BCUT2D eigenvalue weighted by Gasteiger charge is -2.30. The summed E-state index contributed by atoms with van der Waals surface area (Å²) in [4.78, 5) is 6.52. The Morgan fingerprint density at radius 2 is 2.18 bits per heavy atom. The highest BCUT2D eigenvalue weighted by molar-refractivity contribution is 5.28. The molecule has 0 aliphatic carbocycles. The van der Waals surface area contributed by atoms with Gasteiger partial charge in [-0.15, -0.1) is 0 Å². The molecule has 1 fully saturated rings. The summed E-state index contributed by atoms with van der Waals surface area (Å²) in [5, 5.41) is 4.02. The molecular formula is C16H20FN3O2. The standard InChI is InChI=1S/C16H20FN3O2/c1-2-21-14-4-3-9-20(11-14)16-18-15(19-22-16)10-12-5-7-13(17)8-6-12/h5-8,14H,2-4,9-11H2,1H3/t14-/m0/s1. The molecule has 1 aromatic heterocycles. The van der Waals surface area contributed by atoms with Crippen LogP contribution in [0.2, 0.25) is 0 Å². The second-order valence-electron chi connectivity index (χ2n) is 5.46. The lowest BCUT2D eigenvalue weighted by Crippen LogP contribution is -2.39. The predicted octanol–water partition coefficient (Wildman–Crippen LogP) is 2.80. The van der Waals surface area contributed by atoms with E-state index >= 15 is 0 Å². The van der Waals surface area contributed by atoms with Crippen LogP contribution in [0.25, 0.3) is 0 Å².